The maximum atomic E-state index is 12.0. The van der Waals surface area contributed by atoms with Crippen LogP contribution >= 0.6 is 0 Å². The second-order valence-electron chi connectivity index (χ2n) is 5.65. The van der Waals surface area contributed by atoms with E-state index in [4.69, 9.17) is 0 Å². The van der Waals surface area contributed by atoms with Gasteiger partial charge in [0.25, 0.3) is 5.56 Å². The molecule has 8 nitrogen and oxygen atoms in total. The Morgan fingerprint density at radius 3 is 2.83 bits per heavy atom. The Kier molecular flexibility index (Phi) is 4.03. The average Bonchev–Trinajstić information content (AvgIpc) is 2.90. The molecule has 0 aliphatic heterocycles. The first-order valence-corrected chi connectivity index (χ1v) is 7.44. The van der Waals surface area contributed by atoms with Gasteiger partial charge in [-0.05, 0) is 31.5 Å². The minimum absolute atomic E-state index is 0.151. The first-order chi connectivity index (χ1) is 11.4. The van der Waals surface area contributed by atoms with Crippen LogP contribution in [0.4, 0.5) is 0 Å². The van der Waals surface area contributed by atoms with Crippen molar-refractivity contribution >= 4 is 16.9 Å². The summed E-state index contributed by atoms with van der Waals surface area (Å²) in [5.74, 6) is 0.517. The summed E-state index contributed by atoms with van der Waals surface area (Å²) < 4.78 is 1.17. The van der Waals surface area contributed by atoms with Crippen molar-refractivity contribution in [2.45, 2.75) is 26.9 Å². The lowest BCUT2D eigenvalue weighted by Crippen LogP contribution is -2.36. The monoisotopic (exact) mass is 327 g/mol. The smallest absolute Gasteiger partial charge is 0.328 e. The molecule has 2 aromatic heterocycles. The molecule has 3 aromatic rings. The van der Waals surface area contributed by atoms with E-state index in [1.165, 1.54) is 10.8 Å². The van der Waals surface area contributed by atoms with Crippen molar-refractivity contribution in [2.75, 3.05) is 0 Å². The van der Waals surface area contributed by atoms with Gasteiger partial charge in [0, 0.05) is 18.3 Å². The van der Waals surface area contributed by atoms with Gasteiger partial charge in [0.05, 0.1) is 11.0 Å². The van der Waals surface area contributed by atoms with Crippen molar-refractivity contribution in [3.8, 4) is 0 Å². The summed E-state index contributed by atoms with van der Waals surface area (Å²) in [6.07, 6.45) is 1.38. The summed E-state index contributed by atoms with van der Waals surface area (Å²) in [5.41, 5.74) is 2.03. The van der Waals surface area contributed by atoms with Gasteiger partial charge in [-0.2, -0.15) is 0 Å². The lowest BCUT2D eigenvalue weighted by molar-refractivity contribution is -0.121. The minimum Gasteiger partial charge on any atom is -0.350 e. The highest BCUT2D eigenvalue weighted by atomic mass is 16.2. The van der Waals surface area contributed by atoms with Crippen LogP contribution in [-0.2, 0) is 17.9 Å². The summed E-state index contributed by atoms with van der Waals surface area (Å²) in [7, 11) is 0. The van der Waals surface area contributed by atoms with Crippen molar-refractivity contribution in [1.29, 1.82) is 0 Å². The highest BCUT2D eigenvalue weighted by Crippen LogP contribution is 2.13. The molecular formula is C16H17N5O3. The van der Waals surface area contributed by atoms with Crippen molar-refractivity contribution in [1.82, 2.24) is 24.8 Å². The topological polar surface area (TPSA) is 113 Å². The van der Waals surface area contributed by atoms with Crippen LogP contribution in [-0.4, -0.2) is 25.4 Å². The van der Waals surface area contributed by atoms with E-state index in [2.05, 4.69) is 20.3 Å². The van der Waals surface area contributed by atoms with Crippen LogP contribution in [0, 0.1) is 13.8 Å². The standard InChI is InChI=1S/C16H17N5O3/c1-9-7-21(16(24)20-15(9)23)8-14(22)17-6-11-3-4-12-13(5-11)19-10(2)18-12/h3-5,7H,6,8H2,1-2H3,(H,17,22)(H,18,19)(H,20,23,24). The number of hydrogen-bond donors (Lipinski definition) is 3. The second-order valence-corrected chi connectivity index (χ2v) is 5.65. The zero-order valence-corrected chi connectivity index (χ0v) is 13.3. The molecule has 0 spiro atoms. The summed E-state index contributed by atoms with van der Waals surface area (Å²) in [6.45, 7) is 3.64. The van der Waals surface area contributed by atoms with E-state index in [-0.39, 0.29) is 12.5 Å². The third-order valence-corrected chi connectivity index (χ3v) is 3.66. The number of nitrogens with one attached hydrogen (secondary N) is 3. The number of aromatic nitrogens is 4. The number of aromatic amines is 2. The number of amides is 1. The molecule has 0 unspecified atom stereocenters. The molecular weight excluding hydrogens is 310 g/mol. The molecule has 0 saturated heterocycles. The van der Waals surface area contributed by atoms with E-state index in [9.17, 15) is 14.4 Å². The second kappa shape index (κ2) is 6.15. The van der Waals surface area contributed by atoms with Crippen LogP contribution in [0.5, 0.6) is 0 Å². The normalized spacial score (nSPS) is 10.9. The van der Waals surface area contributed by atoms with E-state index in [1.807, 2.05) is 25.1 Å². The summed E-state index contributed by atoms with van der Waals surface area (Å²) in [5, 5.41) is 2.76. The van der Waals surface area contributed by atoms with E-state index >= 15 is 0 Å². The van der Waals surface area contributed by atoms with Gasteiger partial charge in [-0.1, -0.05) is 6.07 Å². The fourth-order valence-corrected chi connectivity index (χ4v) is 2.44. The van der Waals surface area contributed by atoms with Gasteiger partial charge in [-0.15, -0.1) is 0 Å². The first-order valence-electron chi connectivity index (χ1n) is 7.44. The number of H-pyrrole nitrogens is 2. The third kappa shape index (κ3) is 3.27. The molecule has 0 radical (unpaired) electrons. The number of hydrogen-bond acceptors (Lipinski definition) is 4. The Balaban J connectivity index is 1.67. The molecule has 3 N–H and O–H groups in total. The van der Waals surface area contributed by atoms with Gasteiger partial charge < -0.3 is 10.3 Å². The third-order valence-electron chi connectivity index (χ3n) is 3.66. The Hall–Kier alpha value is -3.16. The molecule has 8 heteroatoms. The van der Waals surface area contributed by atoms with Crippen molar-refractivity contribution in [3.05, 3.63) is 62.2 Å². The van der Waals surface area contributed by atoms with Gasteiger partial charge in [0.1, 0.15) is 12.4 Å². The number of nitrogens with zero attached hydrogens (tertiary/aromatic N) is 2. The molecule has 3 rings (SSSR count). The van der Waals surface area contributed by atoms with Crippen LogP contribution in [0.3, 0.4) is 0 Å². The van der Waals surface area contributed by atoms with Crippen LogP contribution < -0.4 is 16.6 Å². The predicted molar refractivity (Wildman–Crippen MR) is 88.7 cm³/mol. The highest BCUT2D eigenvalue weighted by Gasteiger charge is 2.07. The number of imidazole rings is 1. The predicted octanol–water partition coefficient (Wildman–Crippen LogP) is 0.346. The molecule has 0 aliphatic carbocycles. The number of aryl methyl sites for hydroxylation is 2. The zero-order valence-electron chi connectivity index (χ0n) is 13.3. The summed E-state index contributed by atoms with van der Waals surface area (Å²) in [4.78, 5) is 44.6. The van der Waals surface area contributed by atoms with Crippen molar-refractivity contribution < 1.29 is 4.79 Å². The van der Waals surface area contributed by atoms with Gasteiger partial charge in [-0.3, -0.25) is 19.1 Å². The summed E-state index contributed by atoms with van der Waals surface area (Å²) in [6, 6.07) is 5.70. The van der Waals surface area contributed by atoms with Crippen LogP contribution in [0.1, 0.15) is 17.0 Å². The molecule has 0 saturated carbocycles. The van der Waals surface area contributed by atoms with E-state index < -0.39 is 11.2 Å². The van der Waals surface area contributed by atoms with Crippen LogP contribution in [0.15, 0.2) is 34.0 Å². The zero-order chi connectivity index (χ0) is 17.3. The SMILES string of the molecule is Cc1nc2ccc(CNC(=O)Cn3cc(C)c(=O)[nH]c3=O)cc2[nH]1. The molecule has 1 aromatic carbocycles. The van der Waals surface area contributed by atoms with Gasteiger partial charge in [0.2, 0.25) is 5.91 Å². The Morgan fingerprint density at radius 2 is 2.04 bits per heavy atom. The summed E-state index contributed by atoms with van der Waals surface area (Å²) >= 11 is 0. The number of benzene rings is 1. The molecule has 0 bridgehead atoms. The molecule has 124 valence electrons. The average molecular weight is 327 g/mol. The van der Waals surface area contributed by atoms with Gasteiger partial charge in [0.15, 0.2) is 0 Å². The number of rotatable bonds is 4. The molecule has 0 fully saturated rings. The Morgan fingerprint density at radius 1 is 1.25 bits per heavy atom. The Labute approximate surface area is 136 Å². The van der Waals surface area contributed by atoms with E-state index in [1.54, 1.807) is 6.92 Å². The van der Waals surface area contributed by atoms with Gasteiger partial charge in [-0.25, -0.2) is 9.78 Å². The maximum absolute atomic E-state index is 12.0. The van der Waals surface area contributed by atoms with E-state index in [0.29, 0.717) is 12.1 Å². The van der Waals surface area contributed by atoms with Crippen molar-refractivity contribution in [2.24, 2.45) is 0 Å². The number of carbonyl (C=O) groups is 1. The Bertz CT molecular complexity index is 1030. The molecule has 0 aliphatic rings. The molecule has 1 amide bonds. The molecule has 24 heavy (non-hydrogen) atoms. The lowest BCUT2D eigenvalue weighted by Gasteiger charge is -2.08. The largest absolute Gasteiger partial charge is 0.350 e. The fourth-order valence-electron chi connectivity index (χ4n) is 2.44. The molecule has 0 atom stereocenters. The minimum atomic E-state index is -0.602. The number of fused-ring (bicyclic) bond motifs is 1. The fraction of sp³-hybridized carbons (Fsp3) is 0.250. The lowest BCUT2D eigenvalue weighted by atomic mass is 10.2. The van der Waals surface area contributed by atoms with Gasteiger partial charge >= 0.3 is 5.69 Å². The number of carbonyl (C=O) groups excluding carboxylic acids is 1. The van der Waals surface area contributed by atoms with E-state index in [0.717, 1.165) is 22.4 Å². The van der Waals surface area contributed by atoms with Crippen LogP contribution in [0.2, 0.25) is 0 Å². The van der Waals surface area contributed by atoms with Crippen LogP contribution in [0.25, 0.3) is 11.0 Å². The quantitative estimate of drug-likeness (QED) is 0.641. The molecule has 2 heterocycles. The first kappa shape index (κ1) is 15.7. The maximum Gasteiger partial charge on any atom is 0.328 e. The highest BCUT2D eigenvalue weighted by molar-refractivity contribution is 5.77. The van der Waals surface area contributed by atoms with Crippen molar-refractivity contribution in [3.63, 3.8) is 0 Å².